The molecule has 0 spiro atoms. The maximum absolute atomic E-state index is 12.4. The minimum atomic E-state index is -4.48. The highest BCUT2D eigenvalue weighted by molar-refractivity contribution is 5.75. The molecule has 0 aliphatic carbocycles. The van der Waals surface area contributed by atoms with E-state index in [-0.39, 0.29) is 12.0 Å². The first-order chi connectivity index (χ1) is 7.32. The summed E-state index contributed by atoms with van der Waals surface area (Å²) in [6, 6.07) is 3.08. The molecule has 16 heavy (non-hydrogen) atoms. The summed E-state index contributed by atoms with van der Waals surface area (Å²) < 4.78 is 37.3. The van der Waals surface area contributed by atoms with E-state index >= 15 is 0 Å². The van der Waals surface area contributed by atoms with Gasteiger partial charge in [-0.3, -0.25) is 4.79 Å². The van der Waals surface area contributed by atoms with Crippen LogP contribution in [-0.4, -0.2) is 17.5 Å². The first-order valence-electron chi connectivity index (χ1n) is 4.67. The summed E-state index contributed by atoms with van der Waals surface area (Å²) in [5, 5.41) is 9.09. The van der Waals surface area contributed by atoms with E-state index in [4.69, 9.17) is 5.11 Å². The van der Waals surface area contributed by atoms with Crippen LogP contribution in [0.3, 0.4) is 0 Å². The second-order valence-electron chi connectivity index (χ2n) is 3.63. The van der Waals surface area contributed by atoms with Crippen molar-refractivity contribution in [2.75, 3.05) is 0 Å². The third-order valence-electron chi connectivity index (χ3n) is 2.01. The number of rotatable bonds is 3. The number of carbonyl (C=O) groups excluding carboxylic acids is 1. The van der Waals surface area contributed by atoms with Crippen molar-refractivity contribution in [3.8, 4) is 0 Å². The van der Waals surface area contributed by atoms with Crippen LogP contribution in [0.25, 0.3) is 0 Å². The van der Waals surface area contributed by atoms with Crippen molar-refractivity contribution >= 4 is 6.29 Å². The predicted molar refractivity (Wildman–Crippen MR) is 52.2 cm³/mol. The Morgan fingerprint density at radius 3 is 2.44 bits per heavy atom. The molecule has 1 N–H and O–H groups in total. The highest BCUT2D eigenvalue weighted by Gasteiger charge is 2.31. The van der Waals surface area contributed by atoms with Crippen molar-refractivity contribution in [2.45, 2.75) is 25.6 Å². The topological polar surface area (TPSA) is 37.3 Å². The van der Waals surface area contributed by atoms with E-state index in [0.717, 1.165) is 12.1 Å². The zero-order valence-corrected chi connectivity index (χ0v) is 8.58. The van der Waals surface area contributed by atoms with Crippen LogP contribution in [0, 0.1) is 0 Å². The van der Waals surface area contributed by atoms with Crippen LogP contribution in [0.4, 0.5) is 13.2 Å². The summed E-state index contributed by atoms with van der Waals surface area (Å²) in [5.74, 6) is 0. The fourth-order valence-corrected chi connectivity index (χ4v) is 1.41. The van der Waals surface area contributed by atoms with E-state index in [0.29, 0.717) is 11.8 Å². The quantitative estimate of drug-likeness (QED) is 0.813. The Bertz CT molecular complexity index is 383. The average molecular weight is 232 g/mol. The minimum Gasteiger partial charge on any atom is -0.393 e. The fraction of sp³-hybridized carbons (Fsp3) is 0.364. The fourth-order valence-electron chi connectivity index (χ4n) is 1.41. The summed E-state index contributed by atoms with van der Waals surface area (Å²) in [7, 11) is 0. The van der Waals surface area contributed by atoms with Gasteiger partial charge in [-0.1, -0.05) is 0 Å². The number of hydrogen-bond acceptors (Lipinski definition) is 2. The van der Waals surface area contributed by atoms with Crippen LogP contribution < -0.4 is 0 Å². The summed E-state index contributed by atoms with van der Waals surface area (Å²) in [6.07, 6.45) is -4.78. The van der Waals surface area contributed by atoms with Gasteiger partial charge < -0.3 is 5.11 Å². The molecule has 0 aromatic heterocycles. The molecule has 0 saturated heterocycles. The van der Waals surface area contributed by atoms with Crippen LogP contribution in [0.2, 0.25) is 0 Å². The summed E-state index contributed by atoms with van der Waals surface area (Å²) in [5.41, 5.74) is -0.606. The molecule has 0 fully saturated rings. The first kappa shape index (κ1) is 12.7. The molecule has 1 atom stereocenters. The molecular formula is C11H11F3O2. The lowest BCUT2D eigenvalue weighted by Gasteiger charge is -2.11. The van der Waals surface area contributed by atoms with Gasteiger partial charge in [0.25, 0.3) is 0 Å². The van der Waals surface area contributed by atoms with Crippen molar-refractivity contribution in [1.82, 2.24) is 0 Å². The van der Waals surface area contributed by atoms with E-state index in [2.05, 4.69) is 0 Å². The van der Waals surface area contributed by atoms with E-state index in [1.165, 1.54) is 13.0 Å². The summed E-state index contributed by atoms with van der Waals surface area (Å²) in [6.45, 7) is 1.47. The third-order valence-corrected chi connectivity index (χ3v) is 2.01. The zero-order valence-electron chi connectivity index (χ0n) is 8.58. The Labute approximate surface area is 90.7 Å². The van der Waals surface area contributed by atoms with E-state index in [1.807, 2.05) is 0 Å². The van der Waals surface area contributed by atoms with Gasteiger partial charge in [0.05, 0.1) is 11.7 Å². The highest BCUT2D eigenvalue weighted by Crippen LogP contribution is 2.30. The number of alkyl halides is 3. The molecule has 2 nitrogen and oxygen atoms in total. The minimum absolute atomic E-state index is 0.0366. The second-order valence-corrected chi connectivity index (χ2v) is 3.63. The molecule has 88 valence electrons. The van der Waals surface area contributed by atoms with Crippen molar-refractivity contribution in [2.24, 2.45) is 0 Å². The maximum atomic E-state index is 12.4. The molecular weight excluding hydrogens is 221 g/mol. The first-order valence-corrected chi connectivity index (χ1v) is 4.67. The zero-order chi connectivity index (χ0) is 12.3. The molecule has 0 heterocycles. The SMILES string of the molecule is CC(O)Cc1cc(C=O)cc(C(F)(F)F)c1. The highest BCUT2D eigenvalue weighted by atomic mass is 19.4. The van der Waals surface area contributed by atoms with Gasteiger partial charge in [-0.2, -0.15) is 13.2 Å². The van der Waals surface area contributed by atoms with Crippen LogP contribution in [0.1, 0.15) is 28.4 Å². The Hall–Kier alpha value is -1.36. The molecule has 1 rings (SSSR count). The molecule has 1 aromatic carbocycles. The number of benzene rings is 1. The Morgan fingerprint density at radius 2 is 2.00 bits per heavy atom. The molecule has 0 bridgehead atoms. The largest absolute Gasteiger partial charge is 0.416 e. The number of aldehydes is 1. The predicted octanol–water partition coefficient (Wildman–Crippen LogP) is 2.44. The van der Waals surface area contributed by atoms with Crippen LogP contribution in [0.5, 0.6) is 0 Å². The van der Waals surface area contributed by atoms with Crippen LogP contribution >= 0.6 is 0 Å². The van der Waals surface area contributed by atoms with Gasteiger partial charge in [-0.25, -0.2) is 0 Å². The van der Waals surface area contributed by atoms with Crippen molar-refractivity contribution in [3.63, 3.8) is 0 Å². The van der Waals surface area contributed by atoms with Gasteiger partial charge in [0.2, 0.25) is 0 Å². The van der Waals surface area contributed by atoms with Gasteiger partial charge in [0.15, 0.2) is 0 Å². The van der Waals surface area contributed by atoms with E-state index < -0.39 is 17.8 Å². The molecule has 1 aromatic rings. The van der Waals surface area contributed by atoms with Crippen molar-refractivity contribution in [1.29, 1.82) is 0 Å². The normalized spacial score (nSPS) is 13.6. The lowest BCUT2D eigenvalue weighted by molar-refractivity contribution is -0.137. The van der Waals surface area contributed by atoms with Gasteiger partial charge in [0, 0.05) is 5.56 Å². The lowest BCUT2D eigenvalue weighted by Crippen LogP contribution is -2.09. The smallest absolute Gasteiger partial charge is 0.393 e. The number of carbonyl (C=O) groups is 1. The molecule has 0 saturated carbocycles. The number of aliphatic hydroxyl groups is 1. The molecule has 1 unspecified atom stereocenters. The van der Waals surface area contributed by atoms with Gasteiger partial charge in [-0.15, -0.1) is 0 Å². The third kappa shape index (κ3) is 3.34. The Balaban J connectivity index is 3.16. The Morgan fingerprint density at radius 1 is 1.38 bits per heavy atom. The van der Waals surface area contributed by atoms with E-state index in [9.17, 15) is 18.0 Å². The maximum Gasteiger partial charge on any atom is 0.416 e. The van der Waals surface area contributed by atoms with Crippen LogP contribution in [0.15, 0.2) is 18.2 Å². The molecule has 0 amide bonds. The van der Waals surface area contributed by atoms with Gasteiger partial charge >= 0.3 is 6.18 Å². The Kier molecular flexibility index (Phi) is 3.70. The lowest BCUT2D eigenvalue weighted by atomic mass is 10.0. The molecule has 0 radical (unpaired) electrons. The monoisotopic (exact) mass is 232 g/mol. The second kappa shape index (κ2) is 4.65. The standard InChI is InChI=1S/C11H11F3O2/c1-7(16)2-8-3-9(6-15)5-10(4-8)11(12,13)14/h3-7,16H,2H2,1H3. The van der Waals surface area contributed by atoms with E-state index in [1.54, 1.807) is 0 Å². The summed E-state index contributed by atoms with van der Waals surface area (Å²) in [4.78, 5) is 10.5. The van der Waals surface area contributed by atoms with Crippen molar-refractivity contribution < 1.29 is 23.1 Å². The number of aliphatic hydroxyl groups excluding tert-OH is 1. The van der Waals surface area contributed by atoms with Gasteiger partial charge in [-0.05, 0) is 37.1 Å². The van der Waals surface area contributed by atoms with Gasteiger partial charge in [0.1, 0.15) is 6.29 Å². The average Bonchev–Trinajstić information content (AvgIpc) is 2.14. The summed E-state index contributed by atoms with van der Waals surface area (Å²) >= 11 is 0. The number of hydrogen-bond donors (Lipinski definition) is 1. The molecule has 0 aliphatic heterocycles. The molecule has 5 heteroatoms. The number of halogens is 3. The molecule has 0 aliphatic rings. The van der Waals surface area contributed by atoms with Crippen LogP contribution in [-0.2, 0) is 12.6 Å². The van der Waals surface area contributed by atoms with Crippen molar-refractivity contribution in [3.05, 3.63) is 34.9 Å².